The summed E-state index contributed by atoms with van der Waals surface area (Å²) in [5.74, 6) is 1.57. The van der Waals surface area contributed by atoms with E-state index in [-0.39, 0.29) is 6.10 Å². The lowest BCUT2D eigenvalue weighted by Gasteiger charge is -2.16. The van der Waals surface area contributed by atoms with Crippen LogP contribution in [0.5, 0.6) is 11.5 Å². The van der Waals surface area contributed by atoms with E-state index >= 15 is 0 Å². The number of para-hydroxylation sites is 1. The molecule has 3 rings (SSSR count). The molecule has 1 aliphatic rings. The predicted molar refractivity (Wildman–Crippen MR) is 86.7 cm³/mol. The molecule has 1 fully saturated rings. The molecule has 2 atom stereocenters. The Balaban J connectivity index is 1.44. The first-order valence-electron chi connectivity index (χ1n) is 8.02. The summed E-state index contributed by atoms with van der Waals surface area (Å²) in [5.41, 5.74) is 0. The molecule has 2 aromatic rings. The first-order valence-corrected chi connectivity index (χ1v) is 8.02. The Hall–Kier alpha value is -2.05. The summed E-state index contributed by atoms with van der Waals surface area (Å²) < 4.78 is 13.4. The van der Waals surface area contributed by atoms with E-state index in [2.05, 4.69) is 10.00 Å². The average molecular weight is 317 g/mol. The normalized spacial score (nSPS) is 21.5. The van der Waals surface area contributed by atoms with Crippen molar-refractivity contribution in [1.82, 2.24) is 14.7 Å². The molecule has 6 heteroatoms. The van der Waals surface area contributed by atoms with Crippen LogP contribution in [0.2, 0.25) is 0 Å². The summed E-state index contributed by atoms with van der Waals surface area (Å²) in [5, 5.41) is 14.3. The Kier molecular flexibility index (Phi) is 5.15. The summed E-state index contributed by atoms with van der Waals surface area (Å²) >= 11 is 0. The van der Waals surface area contributed by atoms with Gasteiger partial charge in [0.1, 0.15) is 24.6 Å². The van der Waals surface area contributed by atoms with Gasteiger partial charge in [-0.05, 0) is 19.1 Å². The molecule has 0 spiro atoms. The molecule has 0 unspecified atom stereocenters. The molecule has 1 saturated heterocycles. The molecule has 0 radical (unpaired) electrons. The maximum atomic E-state index is 10.2. The standard InChI is InChI=1S/C17H23N3O3/c1-2-20-11-15(10-18-20)23-17-13-19(12-16(17)21)8-9-22-14-6-4-3-5-7-14/h3-7,10-11,16-17,21H,2,8-9,12-13H2,1H3/t16-,17-/m1/s1. The lowest BCUT2D eigenvalue weighted by molar-refractivity contribution is 0.0736. The lowest BCUT2D eigenvalue weighted by atomic mass is 10.3. The molecule has 0 bridgehead atoms. The minimum atomic E-state index is -0.489. The molecular formula is C17H23N3O3. The summed E-state index contributed by atoms with van der Waals surface area (Å²) in [6, 6.07) is 9.75. The summed E-state index contributed by atoms with van der Waals surface area (Å²) in [4.78, 5) is 2.16. The molecule has 1 N–H and O–H groups in total. The van der Waals surface area contributed by atoms with Gasteiger partial charge >= 0.3 is 0 Å². The fourth-order valence-electron chi connectivity index (χ4n) is 2.69. The quantitative estimate of drug-likeness (QED) is 0.836. The minimum absolute atomic E-state index is 0.221. The van der Waals surface area contributed by atoms with E-state index in [0.717, 1.165) is 18.8 Å². The Morgan fingerprint density at radius 2 is 2.04 bits per heavy atom. The molecule has 1 aromatic heterocycles. The van der Waals surface area contributed by atoms with Crippen molar-refractivity contribution in [3.8, 4) is 11.5 Å². The van der Waals surface area contributed by atoms with Gasteiger partial charge in [0.05, 0.1) is 12.4 Å². The second kappa shape index (κ2) is 7.48. The lowest BCUT2D eigenvalue weighted by Crippen LogP contribution is -2.30. The number of benzene rings is 1. The summed E-state index contributed by atoms with van der Waals surface area (Å²) in [6.07, 6.45) is 2.84. The third-order valence-electron chi connectivity index (χ3n) is 3.95. The van der Waals surface area contributed by atoms with Crippen LogP contribution in [0.1, 0.15) is 6.92 Å². The number of rotatable bonds is 7. The second-order valence-electron chi connectivity index (χ2n) is 5.68. The van der Waals surface area contributed by atoms with Gasteiger partial charge in [0.25, 0.3) is 0 Å². The first-order chi connectivity index (χ1) is 11.2. The zero-order chi connectivity index (χ0) is 16.1. The van der Waals surface area contributed by atoms with Crippen molar-refractivity contribution in [3.63, 3.8) is 0 Å². The highest BCUT2D eigenvalue weighted by molar-refractivity contribution is 5.20. The first kappa shape index (κ1) is 15.8. The molecule has 1 aromatic carbocycles. The largest absolute Gasteiger partial charge is 0.492 e. The number of β-amino-alcohol motifs (C(OH)–C–C–N with tert-alkyl or cyclic N) is 1. The molecule has 0 aliphatic carbocycles. The fourth-order valence-corrected chi connectivity index (χ4v) is 2.69. The van der Waals surface area contributed by atoms with Crippen molar-refractivity contribution in [2.24, 2.45) is 0 Å². The van der Waals surface area contributed by atoms with E-state index in [4.69, 9.17) is 9.47 Å². The van der Waals surface area contributed by atoms with Crippen LogP contribution >= 0.6 is 0 Å². The topological polar surface area (TPSA) is 59.8 Å². The van der Waals surface area contributed by atoms with E-state index in [1.165, 1.54) is 0 Å². The zero-order valence-corrected chi connectivity index (χ0v) is 13.3. The van der Waals surface area contributed by atoms with Crippen molar-refractivity contribution in [2.75, 3.05) is 26.2 Å². The molecule has 124 valence electrons. The highest BCUT2D eigenvalue weighted by atomic mass is 16.5. The van der Waals surface area contributed by atoms with Gasteiger partial charge in [-0.15, -0.1) is 0 Å². The van der Waals surface area contributed by atoms with Gasteiger partial charge in [0.2, 0.25) is 0 Å². The van der Waals surface area contributed by atoms with Gasteiger partial charge in [-0.3, -0.25) is 9.58 Å². The molecule has 23 heavy (non-hydrogen) atoms. The van der Waals surface area contributed by atoms with Crippen molar-refractivity contribution >= 4 is 0 Å². The van der Waals surface area contributed by atoms with Gasteiger partial charge in [-0.2, -0.15) is 5.10 Å². The maximum absolute atomic E-state index is 10.2. The smallest absolute Gasteiger partial charge is 0.157 e. The van der Waals surface area contributed by atoms with Crippen LogP contribution in [0.3, 0.4) is 0 Å². The molecule has 0 saturated carbocycles. The van der Waals surface area contributed by atoms with Crippen molar-refractivity contribution < 1.29 is 14.6 Å². The molecule has 6 nitrogen and oxygen atoms in total. The maximum Gasteiger partial charge on any atom is 0.157 e. The Bertz CT molecular complexity index is 602. The van der Waals surface area contributed by atoms with E-state index < -0.39 is 6.10 Å². The monoisotopic (exact) mass is 317 g/mol. The molecule has 1 aliphatic heterocycles. The van der Waals surface area contributed by atoms with E-state index in [1.807, 2.05) is 48.1 Å². The number of nitrogens with zero attached hydrogens (tertiary/aromatic N) is 3. The Morgan fingerprint density at radius 3 is 2.78 bits per heavy atom. The van der Waals surface area contributed by atoms with Crippen molar-refractivity contribution in [1.29, 1.82) is 0 Å². The number of aliphatic hydroxyl groups is 1. The van der Waals surface area contributed by atoms with Crippen LogP contribution in [0.25, 0.3) is 0 Å². The summed E-state index contributed by atoms with van der Waals surface area (Å²) in [6.45, 7) is 5.48. The fraction of sp³-hybridized carbons (Fsp3) is 0.471. The molecule has 0 amide bonds. The van der Waals surface area contributed by atoms with Crippen LogP contribution in [-0.2, 0) is 6.54 Å². The third kappa shape index (κ3) is 4.24. The number of likely N-dealkylation sites (tertiary alicyclic amines) is 1. The van der Waals surface area contributed by atoms with Gasteiger partial charge in [-0.1, -0.05) is 18.2 Å². The zero-order valence-electron chi connectivity index (χ0n) is 13.3. The average Bonchev–Trinajstić information content (AvgIpc) is 3.16. The van der Waals surface area contributed by atoms with Gasteiger partial charge in [0.15, 0.2) is 5.75 Å². The molecule has 2 heterocycles. The van der Waals surface area contributed by atoms with Gasteiger partial charge < -0.3 is 14.6 Å². The highest BCUT2D eigenvalue weighted by Crippen LogP contribution is 2.18. The minimum Gasteiger partial charge on any atom is -0.492 e. The number of hydrogen-bond acceptors (Lipinski definition) is 5. The van der Waals surface area contributed by atoms with Crippen LogP contribution in [-0.4, -0.2) is 58.2 Å². The van der Waals surface area contributed by atoms with E-state index in [0.29, 0.717) is 25.4 Å². The number of hydrogen-bond donors (Lipinski definition) is 1. The second-order valence-corrected chi connectivity index (χ2v) is 5.68. The number of ether oxygens (including phenoxy) is 2. The third-order valence-corrected chi connectivity index (χ3v) is 3.95. The van der Waals surface area contributed by atoms with Crippen LogP contribution in [0.4, 0.5) is 0 Å². The van der Waals surface area contributed by atoms with E-state index in [9.17, 15) is 5.11 Å². The Morgan fingerprint density at radius 1 is 1.22 bits per heavy atom. The predicted octanol–water partition coefficient (Wildman–Crippen LogP) is 1.41. The van der Waals surface area contributed by atoms with Crippen molar-refractivity contribution in [2.45, 2.75) is 25.7 Å². The van der Waals surface area contributed by atoms with Gasteiger partial charge in [0, 0.05) is 26.2 Å². The van der Waals surface area contributed by atoms with Crippen LogP contribution in [0.15, 0.2) is 42.7 Å². The highest BCUT2D eigenvalue weighted by Gasteiger charge is 2.33. The molecular weight excluding hydrogens is 294 g/mol. The number of aryl methyl sites for hydroxylation is 1. The summed E-state index contributed by atoms with van der Waals surface area (Å²) in [7, 11) is 0. The Labute approximate surface area is 136 Å². The van der Waals surface area contributed by atoms with Crippen LogP contribution < -0.4 is 9.47 Å². The number of aliphatic hydroxyl groups excluding tert-OH is 1. The SMILES string of the molecule is CCn1cc(O[C@@H]2CN(CCOc3ccccc3)C[C@H]2O)cn1. The van der Waals surface area contributed by atoms with Gasteiger partial charge in [-0.25, -0.2) is 0 Å². The van der Waals surface area contributed by atoms with E-state index in [1.54, 1.807) is 6.20 Å². The number of aromatic nitrogens is 2. The van der Waals surface area contributed by atoms with Crippen LogP contribution in [0, 0.1) is 0 Å². The van der Waals surface area contributed by atoms with Crippen molar-refractivity contribution in [3.05, 3.63) is 42.7 Å².